The Hall–Kier alpha value is -2.11. The summed E-state index contributed by atoms with van der Waals surface area (Å²) < 4.78 is 0. The molecule has 1 fully saturated rings. The SMILES string of the molecule is O=C(NCCCC1CC1)NCc1cc(C(=O)O)ccn1. The first-order valence-electron chi connectivity index (χ1n) is 6.85. The molecule has 108 valence electrons. The first-order valence-corrected chi connectivity index (χ1v) is 6.85. The molecule has 2 amide bonds. The summed E-state index contributed by atoms with van der Waals surface area (Å²) in [6.07, 6.45) is 6.27. The predicted molar refractivity (Wildman–Crippen MR) is 73.4 cm³/mol. The summed E-state index contributed by atoms with van der Waals surface area (Å²) in [6, 6.07) is 2.63. The number of amides is 2. The number of aromatic nitrogens is 1. The van der Waals surface area contributed by atoms with E-state index < -0.39 is 5.97 Å². The third kappa shape index (κ3) is 4.87. The first kappa shape index (κ1) is 14.3. The van der Waals surface area contributed by atoms with Gasteiger partial charge in [-0.25, -0.2) is 9.59 Å². The highest BCUT2D eigenvalue weighted by Gasteiger charge is 2.20. The fourth-order valence-electron chi connectivity index (χ4n) is 1.94. The molecule has 20 heavy (non-hydrogen) atoms. The van der Waals surface area contributed by atoms with Gasteiger partial charge in [0, 0.05) is 12.7 Å². The molecule has 0 atom stereocenters. The summed E-state index contributed by atoms with van der Waals surface area (Å²) in [6.45, 7) is 0.889. The number of aromatic carboxylic acids is 1. The summed E-state index contributed by atoms with van der Waals surface area (Å²) in [5, 5.41) is 14.3. The van der Waals surface area contributed by atoms with E-state index in [9.17, 15) is 9.59 Å². The van der Waals surface area contributed by atoms with Crippen LogP contribution in [0.1, 0.15) is 41.7 Å². The number of hydrogen-bond acceptors (Lipinski definition) is 3. The van der Waals surface area contributed by atoms with E-state index in [0.29, 0.717) is 12.2 Å². The van der Waals surface area contributed by atoms with Crippen LogP contribution in [0.3, 0.4) is 0 Å². The third-order valence-corrected chi connectivity index (χ3v) is 3.27. The van der Waals surface area contributed by atoms with Gasteiger partial charge in [0.1, 0.15) is 0 Å². The van der Waals surface area contributed by atoms with Gasteiger partial charge < -0.3 is 15.7 Å². The topological polar surface area (TPSA) is 91.3 Å². The van der Waals surface area contributed by atoms with Crippen molar-refractivity contribution in [3.05, 3.63) is 29.6 Å². The summed E-state index contributed by atoms with van der Waals surface area (Å²) in [4.78, 5) is 26.3. The third-order valence-electron chi connectivity index (χ3n) is 3.27. The minimum atomic E-state index is -1.00. The zero-order valence-corrected chi connectivity index (χ0v) is 11.3. The van der Waals surface area contributed by atoms with Gasteiger partial charge in [-0.1, -0.05) is 12.8 Å². The highest BCUT2D eigenvalue weighted by atomic mass is 16.4. The maximum Gasteiger partial charge on any atom is 0.335 e. The van der Waals surface area contributed by atoms with Crippen molar-refractivity contribution in [3.63, 3.8) is 0 Å². The Bertz CT molecular complexity index is 486. The minimum Gasteiger partial charge on any atom is -0.478 e. The Balaban J connectivity index is 1.66. The smallest absolute Gasteiger partial charge is 0.335 e. The second-order valence-corrected chi connectivity index (χ2v) is 5.04. The number of carbonyl (C=O) groups excluding carboxylic acids is 1. The monoisotopic (exact) mass is 277 g/mol. The number of hydrogen-bond donors (Lipinski definition) is 3. The van der Waals surface area contributed by atoms with Crippen molar-refractivity contribution in [2.24, 2.45) is 5.92 Å². The van der Waals surface area contributed by atoms with Gasteiger partial charge in [0.2, 0.25) is 0 Å². The molecule has 1 saturated carbocycles. The van der Waals surface area contributed by atoms with Crippen LogP contribution < -0.4 is 10.6 Å². The normalized spacial score (nSPS) is 13.8. The lowest BCUT2D eigenvalue weighted by Crippen LogP contribution is -2.35. The molecular formula is C14H19N3O3. The molecule has 0 radical (unpaired) electrons. The van der Waals surface area contributed by atoms with Crippen LogP contribution in [0.2, 0.25) is 0 Å². The van der Waals surface area contributed by atoms with E-state index in [-0.39, 0.29) is 18.1 Å². The van der Waals surface area contributed by atoms with Gasteiger partial charge in [0.15, 0.2) is 0 Å². The van der Waals surface area contributed by atoms with Gasteiger partial charge in [-0.15, -0.1) is 0 Å². The van der Waals surface area contributed by atoms with Gasteiger partial charge >= 0.3 is 12.0 Å². The number of rotatable bonds is 7. The van der Waals surface area contributed by atoms with Gasteiger partial charge in [0.05, 0.1) is 17.8 Å². The largest absolute Gasteiger partial charge is 0.478 e. The highest BCUT2D eigenvalue weighted by molar-refractivity contribution is 5.87. The lowest BCUT2D eigenvalue weighted by atomic mass is 10.2. The molecule has 0 bridgehead atoms. The van der Waals surface area contributed by atoms with Crippen LogP contribution in [0.5, 0.6) is 0 Å². The van der Waals surface area contributed by atoms with Crippen molar-refractivity contribution >= 4 is 12.0 Å². The molecule has 0 aromatic carbocycles. The standard InChI is InChI=1S/C14H19N3O3/c18-13(19)11-5-7-15-12(8-11)9-17-14(20)16-6-1-2-10-3-4-10/h5,7-8,10H,1-4,6,9H2,(H,18,19)(H2,16,17,20). The summed E-state index contributed by atoms with van der Waals surface area (Å²) in [5.74, 6) is -0.124. The average molecular weight is 277 g/mol. The number of carbonyl (C=O) groups is 2. The van der Waals surface area contributed by atoms with Crippen LogP contribution >= 0.6 is 0 Å². The van der Waals surface area contributed by atoms with Gasteiger partial charge in [-0.3, -0.25) is 4.98 Å². The molecule has 0 spiro atoms. The molecule has 0 saturated heterocycles. The van der Waals surface area contributed by atoms with E-state index in [1.165, 1.54) is 37.6 Å². The maximum atomic E-state index is 11.5. The van der Waals surface area contributed by atoms with Gasteiger partial charge in [-0.2, -0.15) is 0 Å². The predicted octanol–water partition coefficient (Wildman–Crippen LogP) is 1.77. The number of carboxylic acid groups (broad SMARTS) is 1. The van der Waals surface area contributed by atoms with Gasteiger partial charge in [0.25, 0.3) is 0 Å². The summed E-state index contributed by atoms with van der Waals surface area (Å²) >= 11 is 0. The van der Waals surface area contributed by atoms with E-state index in [1.807, 2.05) is 0 Å². The van der Waals surface area contributed by atoms with Crippen molar-refractivity contribution in [3.8, 4) is 0 Å². The number of pyridine rings is 1. The second-order valence-electron chi connectivity index (χ2n) is 5.04. The Morgan fingerprint density at radius 3 is 2.85 bits per heavy atom. The number of nitrogens with one attached hydrogen (secondary N) is 2. The highest BCUT2D eigenvalue weighted by Crippen LogP contribution is 2.33. The molecule has 6 heteroatoms. The van der Waals surface area contributed by atoms with Crippen LogP contribution in [0.25, 0.3) is 0 Å². The first-order chi connectivity index (χ1) is 9.65. The van der Waals surface area contributed by atoms with Gasteiger partial charge in [-0.05, 0) is 30.9 Å². The Morgan fingerprint density at radius 1 is 1.35 bits per heavy atom. The summed E-state index contributed by atoms with van der Waals surface area (Å²) in [7, 11) is 0. The number of nitrogens with zero attached hydrogens (tertiary/aromatic N) is 1. The van der Waals surface area contributed by atoms with E-state index >= 15 is 0 Å². The van der Waals surface area contributed by atoms with Crippen LogP contribution in [0.15, 0.2) is 18.3 Å². The molecule has 1 aromatic heterocycles. The molecule has 1 aliphatic rings. The Morgan fingerprint density at radius 2 is 2.15 bits per heavy atom. The molecular weight excluding hydrogens is 258 g/mol. The summed E-state index contributed by atoms with van der Waals surface area (Å²) in [5.41, 5.74) is 0.694. The lowest BCUT2D eigenvalue weighted by Gasteiger charge is -2.07. The fraction of sp³-hybridized carbons (Fsp3) is 0.500. The van der Waals surface area contributed by atoms with Crippen LogP contribution in [-0.2, 0) is 6.54 Å². The number of carboxylic acids is 1. The fourth-order valence-corrected chi connectivity index (χ4v) is 1.94. The van der Waals surface area contributed by atoms with Crippen molar-refractivity contribution < 1.29 is 14.7 Å². The zero-order chi connectivity index (χ0) is 14.4. The zero-order valence-electron chi connectivity index (χ0n) is 11.3. The molecule has 2 rings (SSSR count). The Kier molecular flexibility index (Phi) is 4.92. The van der Waals surface area contributed by atoms with Crippen molar-refractivity contribution in [2.45, 2.75) is 32.2 Å². The van der Waals surface area contributed by atoms with Crippen LogP contribution in [0.4, 0.5) is 4.79 Å². The quantitative estimate of drug-likeness (QED) is 0.662. The maximum absolute atomic E-state index is 11.5. The second kappa shape index (κ2) is 6.88. The minimum absolute atomic E-state index is 0.168. The van der Waals surface area contributed by atoms with Crippen molar-refractivity contribution in [1.82, 2.24) is 15.6 Å². The number of urea groups is 1. The van der Waals surface area contributed by atoms with E-state index in [1.54, 1.807) is 0 Å². The molecule has 0 aliphatic heterocycles. The molecule has 3 N–H and O–H groups in total. The van der Waals surface area contributed by atoms with E-state index in [2.05, 4.69) is 15.6 Å². The van der Waals surface area contributed by atoms with Crippen LogP contribution in [0, 0.1) is 5.92 Å². The molecule has 1 aliphatic carbocycles. The lowest BCUT2D eigenvalue weighted by molar-refractivity contribution is 0.0696. The van der Waals surface area contributed by atoms with E-state index in [4.69, 9.17) is 5.11 Å². The molecule has 6 nitrogen and oxygen atoms in total. The Labute approximate surface area is 117 Å². The van der Waals surface area contributed by atoms with Crippen LogP contribution in [-0.4, -0.2) is 28.6 Å². The van der Waals surface area contributed by atoms with Crippen molar-refractivity contribution in [2.75, 3.05) is 6.54 Å². The van der Waals surface area contributed by atoms with E-state index in [0.717, 1.165) is 12.3 Å². The molecule has 1 heterocycles. The molecule has 0 unspecified atom stereocenters. The van der Waals surface area contributed by atoms with Crippen molar-refractivity contribution in [1.29, 1.82) is 0 Å². The molecule has 1 aromatic rings. The average Bonchev–Trinajstić information content (AvgIpc) is 3.26.